The predicted octanol–water partition coefficient (Wildman–Crippen LogP) is 1.63. The van der Waals surface area contributed by atoms with Crippen LogP contribution in [-0.4, -0.2) is 38.6 Å². The summed E-state index contributed by atoms with van der Waals surface area (Å²) in [5, 5.41) is 9.96. The summed E-state index contributed by atoms with van der Waals surface area (Å²) in [4.78, 5) is 28.2. The van der Waals surface area contributed by atoms with Crippen molar-refractivity contribution in [3.8, 4) is 0 Å². The van der Waals surface area contributed by atoms with Crippen molar-refractivity contribution >= 4 is 29.3 Å². The molecule has 25 heavy (non-hydrogen) atoms. The number of hydrogen-bond acceptors (Lipinski definition) is 6. The molecule has 0 bridgehead atoms. The maximum absolute atomic E-state index is 13.1. The first-order valence-corrected chi connectivity index (χ1v) is 7.38. The molecule has 0 saturated carbocycles. The van der Waals surface area contributed by atoms with Crippen LogP contribution in [-0.2, 0) is 11.3 Å². The van der Waals surface area contributed by atoms with Gasteiger partial charge in [0.25, 0.3) is 11.7 Å². The van der Waals surface area contributed by atoms with Crippen molar-refractivity contribution in [3.63, 3.8) is 0 Å². The lowest BCUT2D eigenvalue weighted by atomic mass is 10.2. The van der Waals surface area contributed by atoms with Gasteiger partial charge in [0.2, 0.25) is 0 Å². The third-order valence-corrected chi connectivity index (χ3v) is 3.64. The third-order valence-electron chi connectivity index (χ3n) is 3.35. The van der Waals surface area contributed by atoms with E-state index in [-0.39, 0.29) is 28.7 Å². The monoisotopic (exact) mass is 363 g/mol. The van der Waals surface area contributed by atoms with Gasteiger partial charge in [0.1, 0.15) is 23.5 Å². The van der Waals surface area contributed by atoms with Gasteiger partial charge in [0, 0.05) is 12.6 Å². The molecular formula is C15H11ClFN5O3. The smallest absolute Gasteiger partial charge is 0.355 e. The minimum absolute atomic E-state index is 0.0332. The largest absolute Gasteiger partial charge is 0.464 e. The van der Waals surface area contributed by atoms with Gasteiger partial charge >= 0.3 is 5.97 Å². The second kappa shape index (κ2) is 6.81. The van der Waals surface area contributed by atoms with E-state index in [1.165, 1.54) is 42.1 Å². The number of carbonyl (C=O) groups excluding carboxylic acids is 2. The Morgan fingerprint density at radius 3 is 2.88 bits per heavy atom. The van der Waals surface area contributed by atoms with Gasteiger partial charge in [0.15, 0.2) is 0 Å². The number of aromatic nitrogens is 4. The van der Waals surface area contributed by atoms with Crippen molar-refractivity contribution in [3.05, 3.63) is 58.4 Å². The summed E-state index contributed by atoms with van der Waals surface area (Å²) in [5.41, 5.74) is 0.637. The quantitative estimate of drug-likeness (QED) is 0.707. The van der Waals surface area contributed by atoms with Crippen LogP contribution < -0.4 is 5.32 Å². The third kappa shape index (κ3) is 3.41. The van der Waals surface area contributed by atoms with E-state index in [0.717, 1.165) is 0 Å². The summed E-state index contributed by atoms with van der Waals surface area (Å²) < 4.78 is 19.1. The van der Waals surface area contributed by atoms with Gasteiger partial charge in [-0.3, -0.25) is 9.20 Å². The Bertz CT molecular complexity index is 975. The number of hydrogen-bond donors (Lipinski definition) is 1. The molecule has 0 unspecified atom stereocenters. The average molecular weight is 364 g/mol. The molecule has 0 aliphatic heterocycles. The van der Waals surface area contributed by atoms with Crippen LogP contribution >= 0.6 is 11.6 Å². The average Bonchev–Trinajstić information content (AvgIpc) is 3.09. The first-order chi connectivity index (χ1) is 12.0. The Labute approximate surface area is 145 Å². The van der Waals surface area contributed by atoms with Crippen molar-refractivity contribution < 1.29 is 18.7 Å². The fourth-order valence-corrected chi connectivity index (χ4v) is 2.32. The van der Waals surface area contributed by atoms with E-state index in [9.17, 15) is 14.0 Å². The van der Waals surface area contributed by atoms with Gasteiger partial charge in [0.05, 0.1) is 12.1 Å². The SMILES string of the molecule is COC(=O)c1cc(C(=O)NCc2ccc(F)c(Cl)c2)nc2nncn12. The van der Waals surface area contributed by atoms with Crippen molar-refractivity contribution in [1.29, 1.82) is 0 Å². The number of benzene rings is 1. The van der Waals surface area contributed by atoms with Crippen LogP contribution in [0.1, 0.15) is 26.5 Å². The Hall–Kier alpha value is -3.07. The second-order valence-corrected chi connectivity index (χ2v) is 5.36. The highest BCUT2D eigenvalue weighted by atomic mass is 35.5. The molecule has 0 fully saturated rings. The Morgan fingerprint density at radius 1 is 1.36 bits per heavy atom. The fraction of sp³-hybridized carbons (Fsp3) is 0.133. The molecule has 8 nitrogen and oxygen atoms in total. The van der Waals surface area contributed by atoms with E-state index in [2.05, 4.69) is 25.2 Å². The van der Waals surface area contributed by atoms with E-state index in [1.54, 1.807) is 0 Å². The molecule has 1 N–H and O–H groups in total. The molecule has 128 valence electrons. The number of nitrogens with zero attached hydrogens (tertiary/aromatic N) is 4. The minimum atomic E-state index is -0.661. The summed E-state index contributed by atoms with van der Waals surface area (Å²) >= 11 is 5.70. The number of fused-ring (bicyclic) bond motifs is 1. The van der Waals surface area contributed by atoms with Gasteiger partial charge in [-0.1, -0.05) is 17.7 Å². The normalized spacial score (nSPS) is 10.7. The van der Waals surface area contributed by atoms with E-state index in [4.69, 9.17) is 11.6 Å². The number of esters is 1. The highest BCUT2D eigenvalue weighted by Crippen LogP contribution is 2.16. The van der Waals surface area contributed by atoms with Crippen LogP contribution in [0.3, 0.4) is 0 Å². The molecule has 2 heterocycles. The molecule has 2 aromatic heterocycles. The topological polar surface area (TPSA) is 98.5 Å². The fourth-order valence-electron chi connectivity index (χ4n) is 2.11. The van der Waals surface area contributed by atoms with Crippen LogP contribution in [0.5, 0.6) is 0 Å². The van der Waals surface area contributed by atoms with E-state index < -0.39 is 17.7 Å². The number of halogens is 2. The van der Waals surface area contributed by atoms with E-state index in [0.29, 0.717) is 5.56 Å². The number of amides is 1. The van der Waals surface area contributed by atoms with Crippen molar-refractivity contribution in [2.24, 2.45) is 0 Å². The van der Waals surface area contributed by atoms with Crippen molar-refractivity contribution in [1.82, 2.24) is 24.9 Å². The zero-order valence-corrected chi connectivity index (χ0v) is 13.6. The maximum atomic E-state index is 13.1. The number of methoxy groups -OCH3 is 1. The summed E-state index contributed by atoms with van der Waals surface area (Å²) in [5.74, 6) is -1.67. The maximum Gasteiger partial charge on any atom is 0.355 e. The minimum Gasteiger partial charge on any atom is -0.464 e. The van der Waals surface area contributed by atoms with Crippen molar-refractivity contribution in [2.45, 2.75) is 6.54 Å². The molecule has 0 atom stereocenters. The van der Waals surface area contributed by atoms with Gasteiger partial charge in [-0.15, -0.1) is 10.2 Å². The first kappa shape index (κ1) is 16.8. The molecule has 0 aliphatic carbocycles. The Balaban J connectivity index is 1.84. The standard InChI is InChI=1S/C15H11ClFN5O3/c1-25-14(24)12-5-11(20-15-21-19-7-22(12)15)13(23)18-6-8-2-3-10(17)9(16)4-8/h2-5,7H,6H2,1H3,(H,18,23). The molecule has 3 aromatic rings. The summed E-state index contributed by atoms with van der Waals surface area (Å²) in [6.45, 7) is 0.103. The van der Waals surface area contributed by atoms with Crippen LogP contribution in [0.4, 0.5) is 4.39 Å². The lowest BCUT2D eigenvalue weighted by Crippen LogP contribution is -2.25. The molecule has 1 amide bonds. The number of ether oxygens (including phenoxy) is 1. The number of rotatable bonds is 4. The lowest BCUT2D eigenvalue weighted by Gasteiger charge is -2.08. The highest BCUT2D eigenvalue weighted by Gasteiger charge is 2.18. The van der Waals surface area contributed by atoms with Gasteiger partial charge in [-0.2, -0.15) is 0 Å². The van der Waals surface area contributed by atoms with Crippen LogP contribution in [0.25, 0.3) is 5.78 Å². The zero-order valence-electron chi connectivity index (χ0n) is 12.9. The molecule has 3 rings (SSSR count). The molecule has 0 saturated heterocycles. The zero-order chi connectivity index (χ0) is 18.0. The number of nitrogens with one attached hydrogen (secondary N) is 1. The first-order valence-electron chi connectivity index (χ1n) is 7.01. The van der Waals surface area contributed by atoms with Gasteiger partial charge in [-0.25, -0.2) is 14.2 Å². The number of carbonyl (C=O) groups is 2. The molecule has 10 heteroatoms. The van der Waals surface area contributed by atoms with E-state index in [1.807, 2.05) is 0 Å². The molecule has 0 radical (unpaired) electrons. The second-order valence-electron chi connectivity index (χ2n) is 4.95. The molecular weight excluding hydrogens is 353 g/mol. The lowest BCUT2D eigenvalue weighted by molar-refractivity contribution is 0.0592. The van der Waals surface area contributed by atoms with Crippen molar-refractivity contribution in [2.75, 3.05) is 7.11 Å². The predicted molar refractivity (Wildman–Crippen MR) is 84.7 cm³/mol. The Kier molecular flexibility index (Phi) is 4.57. The van der Waals surface area contributed by atoms with Crippen LogP contribution in [0, 0.1) is 5.82 Å². The summed E-state index contributed by atoms with van der Waals surface area (Å²) in [6, 6.07) is 5.39. The Morgan fingerprint density at radius 2 is 2.16 bits per heavy atom. The summed E-state index contributed by atoms with van der Waals surface area (Å²) in [6.07, 6.45) is 1.29. The van der Waals surface area contributed by atoms with Gasteiger partial charge in [-0.05, 0) is 17.7 Å². The van der Waals surface area contributed by atoms with E-state index >= 15 is 0 Å². The molecule has 0 spiro atoms. The van der Waals surface area contributed by atoms with Crippen LogP contribution in [0.2, 0.25) is 5.02 Å². The summed E-state index contributed by atoms with van der Waals surface area (Å²) in [7, 11) is 1.22. The highest BCUT2D eigenvalue weighted by molar-refractivity contribution is 6.30. The molecule has 1 aromatic carbocycles. The molecule has 0 aliphatic rings. The van der Waals surface area contributed by atoms with Gasteiger partial charge < -0.3 is 10.1 Å². The van der Waals surface area contributed by atoms with Crippen LogP contribution in [0.15, 0.2) is 30.6 Å².